The molecule has 0 aliphatic heterocycles. The van der Waals surface area contributed by atoms with Crippen molar-refractivity contribution < 1.29 is 12.8 Å². The van der Waals surface area contributed by atoms with Gasteiger partial charge in [0.15, 0.2) is 5.82 Å². The summed E-state index contributed by atoms with van der Waals surface area (Å²) in [4.78, 5) is 5.54. The molecule has 0 spiro atoms. The highest BCUT2D eigenvalue weighted by Crippen LogP contribution is 2.42. The lowest BCUT2D eigenvalue weighted by molar-refractivity contribution is 0.491. The van der Waals surface area contributed by atoms with Crippen LogP contribution in [0.1, 0.15) is 32.7 Å². The summed E-state index contributed by atoms with van der Waals surface area (Å²) in [6.45, 7) is 8.09. The lowest BCUT2D eigenvalue weighted by atomic mass is 9.98. The van der Waals surface area contributed by atoms with Crippen LogP contribution in [0, 0.1) is 5.82 Å². The molecule has 0 saturated carbocycles. The van der Waals surface area contributed by atoms with Crippen molar-refractivity contribution in [2.24, 2.45) is 0 Å². The number of nitrogens with one attached hydrogen (secondary N) is 1. The van der Waals surface area contributed by atoms with Crippen molar-refractivity contribution in [1.82, 2.24) is 9.29 Å². The van der Waals surface area contributed by atoms with Crippen molar-refractivity contribution >= 4 is 32.9 Å². The minimum atomic E-state index is -3.86. The quantitative estimate of drug-likeness (QED) is 0.499. The fourth-order valence-corrected chi connectivity index (χ4v) is 4.94. The largest absolute Gasteiger partial charge is 0.399 e. The number of hydrogen-bond acceptors (Lipinski definition) is 5. The molecule has 0 atom stereocenters. The molecule has 0 bridgehead atoms. The topological polar surface area (TPSA) is 88.3 Å². The monoisotopic (exact) mass is 462 g/mol. The van der Waals surface area contributed by atoms with Crippen molar-refractivity contribution in [2.45, 2.75) is 33.1 Å². The van der Waals surface area contributed by atoms with Gasteiger partial charge in [0.25, 0.3) is 0 Å². The molecule has 2 aromatic carbocycles. The highest BCUT2D eigenvalue weighted by Gasteiger charge is 2.26. The third-order valence-electron chi connectivity index (χ3n) is 4.77. The third kappa shape index (κ3) is 4.89. The summed E-state index contributed by atoms with van der Waals surface area (Å²) >= 11 is 1.48. The van der Waals surface area contributed by atoms with Crippen molar-refractivity contribution in [2.75, 3.05) is 24.0 Å². The maximum absolute atomic E-state index is 15.5. The standard InChI is InChI=1S/C22H27FN4O2S2/c1-6-27(5)31(28,29)26-17-12-8-11-16(18(17)23)19-20(14-9-7-10-15(24)13-14)30-21(25-19)22(2,3)4/h7-13,26H,6,24H2,1-5H3. The summed E-state index contributed by atoms with van der Waals surface area (Å²) in [7, 11) is -2.43. The molecule has 166 valence electrons. The maximum Gasteiger partial charge on any atom is 0.301 e. The molecule has 31 heavy (non-hydrogen) atoms. The summed E-state index contributed by atoms with van der Waals surface area (Å²) in [5, 5.41) is 0.844. The predicted molar refractivity (Wildman–Crippen MR) is 127 cm³/mol. The van der Waals surface area contributed by atoms with E-state index in [1.54, 1.807) is 25.1 Å². The van der Waals surface area contributed by atoms with Gasteiger partial charge in [-0.3, -0.25) is 4.72 Å². The number of rotatable bonds is 6. The van der Waals surface area contributed by atoms with Gasteiger partial charge in [-0.1, -0.05) is 45.9 Å². The second-order valence-electron chi connectivity index (χ2n) is 8.26. The molecule has 1 heterocycles. The van der Waals surface area contributed by atoms with E-state index in [0.29, 0.717) is 11.4 Å². The van der Waals surface area contributed by atoms with Gasteiger partial charge < -0.3 is 5.73 Å². The zero-order valence-electron chi connectivity index (χ0n) is 18.2. The Morgan fingerprint density at radius 3 is 2.48 bits per heavy atom. The summed E-state index contributed by atoms with van der Waals surface area (Å²) in [5.74, 6) is -0.675. The van der Waals surface area contributed by atoms with Crippen LogP contribution in [0.25, 0.3) is 21.7 Å². The highest BCUT2D eigenvalue weighted by atomic mass is 32.2. The van der Waals surface area contributed by atoms with Crippen molar-refractivity contribution in [3.8, 4) is 21.7 Å². The van der Waals surface area contributed by atoms with Gasteiger partial charge in [-0.2, -0.15) is 12.7 Å². The first-order valence-corrected chi connectivity index (χ1v) is 12.1. The molecule has 0 saturated heterocycles. The Morgan fingerprint density at radius 2 is 1.87 bits per heavy atom. The molecule has 0 amide bonds. The van der Waals surface area contributed by atoms with E-state index in [2.05, 4.69) is 4.72 Å². The second kappa shape index (κ2) is 8.57. The van der Waals surface area contributed by atoms with E-state index in [1.807, 2.05) is 39.0 Å². The molecule has 6 nitrogen and oxygen atoms in total. The molecular weight excluding hydrogens is 435 g/mol. The molecule has 9 heteroatoms. The van der Waals surface area contributed by atoms with Crippen LogP contribution in [0.5, 0.6) is 0 Å². The first-order chi connectivity index (χ1) is 14.4. The van der Waals surface area contributed by atoms with Crippen molar-refractivity contribution in [1.29, 1.82) is 0 Å². The van der Waals surface area contributed by atoms with Gasteiger partial charge in [0.1, 0.15) is 0 Å². The van der Waals surface area contributed by atoms with E-state index in [1.165, 1.54) is 24.5 Å². The Bertz CT molecular complexity index is 1200. The Morgan fingerprint density at radius 1 is 1.19 bits per heavy atom. The second-order valence-corrected chi connectivity index (χ2v) is 11.0. The van der Waals surface area contributed by atoms with Gasteiger partial charge in [0.2, 0.25) is 0 Å². The number of halogens is 1. The number of benzene rings is 2. The van der Waals surface area contributed by atoms with Gasteiger partial charge in [-0.15, -0.1) is 11.3 Å². The van der Waals surface area contributed by atoms with E-state index in [4.69, 9.17) is 10.7 Å². The van der Waals surface area contributed by atoms with E-state index in [0.717, 1.165) is 19.8 Å². The fraction of sp³-hybridized carbons (Fsp3) is 0.318. The van der Waals surface area contributed by atoms with E-state index >= 15 is 4.39 Å². The van der Waals surface area contributed by atoms with Crippen LogP contribution in [0.15, 0.2) is 42.5 Å². The van der Waals surface area contributed by atoms with Crippen molar-refractivity contribution in [3.05, 3.63) is 53.3 Å². The number of nitrogens with zero attached hydrogens (tertiary/aromatic N) is 2. The lowest BCUT2D eigenvalue weighted by Gasteiger charge is -2.17. The number of thiazole rings is 1. The highest BCUT2D eigenvalue weighted by molar-refractivity contribution is 7.90. The number of nitrogen functional groups attached to an aromatic ring is 1. The molecule has 0 radical (unpaired) electrons. The zero-order chi connectivity index (χ0) is 23.0. The Balaban J connectivity index is 2.18. The lowest BCUT2D eigenvalue weighted by Crippen LogP contribution is -2.32. The van der Waals surface area contributed by atoms with Gasteiger partial charge in [-0.05, 0) is 29.8 Å². The van der Waals surface area contributed by atoms with Crippen LogP contribution in [0.4, 0.5) is 15.8 Å². The van der Waals surface area contributed by atoms with Crippen molar-refractivity contribution in [3.63, 3.8) is 0 Å². The predicted octanol–water partition coefficient (Wildman–Crippen LogP) is 5.10. The van der Waals surface area contributed by atoms with Gasteiger partial charge >= 0.3 is 10.2 Å². The van der Waals surface area contributed by atoms with Gasteiger partial charge in [0.05, 0.1) is 21.3 Å². The summed E-state index contributed by atoms with van der Waals surface area (Å²) in [6, 6.07) is 12.0. The summed E-state index contributed by atoms with van der Waals surface area (Å²) in [5.41, 5.74) is 7.72. The molecule has 0 unspecified atom stereocenters. The van der Waals surface area contributed by atoms with E-state index in [-0.39, 0.29) is 23.2 Å². The van der Waals surface area contributed by atoms with E-state index < -0.39 is 16.0 Å². The minimum absolute atomic E-state index is 0.123. The number of anilines is 2. The Hall–Kier alpha value is -2.49. The Kier molecular flexibility index (Phi) is 6.40. The molecular formula is C22H27FN4O2S2. The minimum Gasteiger partial charge on any atom is -0.399 e. The van der Waals surface area contributed by atoms with Crippen LogP contribution in [0.3, 0.4) is 0 Å². The van der Waals surface area contributed by atoms with Crippen LogP contribution in [-0.4, -0.2) is 31.3 Å². The van der Waals surface area contributed by atoms with Gasteiger partial charge in [0, 0.05) is 30.3 Å². The smallest absolute Gasteiger partial charge is 0.301 e. The van der Waals surface area contributed by atoms with Crippen LogP contribution in [0.2, 0.25) is 0 Å². The molecule has 0 fully saturated rings. The number of nitrogens with two attached hydrogens (primary N) is 1. The van der Waals surface area contributed by atoms with Crippen LogP contribution in [-0.2, 0) is 15.6 Å². The third-order valence-corrected chi connectivity index (χ3v) is 7.85. The zero-order valence-corrected chi connectivity index (χ0v) is 19.9. The molecule has 0 aliphatic rings. The molecule has 3 aromatic rings. The first-order valence-electron chi connectivity index (χ1n) is 9.84. The molecule has 3 N–H and O–H groups in total. The Labute approximate surface area is 187 Å². The van der Waals surface area contributed by atoms with Crippen LogP contribution < -0.4 is 10.5 Å². The maximum atomic E-state index is 15.5. The first kappa shape index (κ1) is 23.2. The summed E-state index contributed by atoms with van der Waals surface area (Å²) < 4.78 is 43.8. The van der Waals surface area contributed by atoms with Crippen LogP contribution >= 0.6 is 11.3 Å². The van der Waals surface area contributed by atoms with Gasteiger partial charge in [-0.25, -0.2) is 9.37 Å². The normalized spacial score (nSPS) is 12.4. The molecule has 1 aromatic heterocycles. The average molecular weight is 463 g/mol. The fourth-order valence-electron chi connectivity index (χ4n) is 2.88. The molecule has 3 rings (SSSR count). The molecule has 0 aliphatic carbocycles. The SMILES string of the molecule is CCN(C)S(=O)(=O)Nc1cccc(-c2nc(C(C)(C)C)sc2-c2cccc(N)c2)c1F. The summed E-state index contributed by atoms with van der Waals surface area (Å²) in [6.07, 6.45) is 0. The average Bonchev–Trinajstić information content (AvgIpc) is 3.14. The number of hydrogen-bond donors (Lipinski definition) is 2. The van der Waals surface area contributed by atoms with E-state index in [9.17, 15) is 8.42 Å². The number of aromatic nitrogens is 1.